The topological polar surface area (TPSA) is 56.5 Å². The fourth-order valence-electron chi connectivity index (χ4n) is 3.66. The van der Waals surface area contributed by atoms with Crippen molar-refractivity contribution in [3.8, 4) is 5.88 Å². The Labute approximate surface area is 126 Å². The molecular weight excluding hydrogens is 268 g/mol. The first-order valence-corrected chi connectivity index (χ1v) is 7.94. The zero-order valence-electron chi connectivity index (χ0n) is 13.2. The van der Waals surface area contributed by atoms with Crippen LogP contribution in [0.5, 0.6) is 5.88 Å². The molecule has 0 spiro atoms. The van der Waals surface area contributed by atoms with Crippen molar-refractivity contribution in [1.82, 2.24) is 9.78 Å². The Morgan fingerprint density at radius 3 is 2.81 bits per heavy atom. The van der Waals surface area contributed by atoms with Crippen molar-refractivity contribution in [1.29, 1.82) is 0 Å². The lowest BCUT2D eigenvalue weighted by Crippen LogP contribution is -2.26. The highest BCUT2D eigenvalue weighted by Gasteiger charge is 2.39. The molecule has 2 bridgehead atoms. The van der Waals surface area contributed by atoms with E-state index >= 15 is 0 Å². The number of rotatable bonds is 5. The van der Waals surface area contributed by atoms with Gasteiger partial charge >= 0.3 is 0 Å². The molecule has 3 rings (SSSR count). The first-order chi connectivity index (χ1) is 9.90. The van der Waals surface area contributed by atoms with E-state index in [1.807, 2.05) is 20.8 Å². The Morgan fingerprint density at radius 2 is 2.19 bits per heavy atom. The Bertz CT molecular complexity index is 480. The molecule has 1 N–H and O–H groups in total. The highest BCUT2D eigenvalue weighted by molar-refractivity contribution is 5.06. The van der Waals surface area contributed by atoms with Gasteiger partial charge in [0.2, 0.25) is 5.88 Å². The number of aliphatic hydroxyl groups is 1. The molecule has 5 heteroatoms. The van der Waals surface area contributed by atoms with Crippen LogP contribution in [0, 0.1) is 17.8 Å². The van der Waals surface area contributed by atoms with Gasteiger partial charge in [0, 0.05) is 12.3 Å². The maximum absolute atomic E-state index is 9.96. The lowest BCUT2D eigenvalue weighted by atomic mass is 9.90. The van der Waals surface area contributed by atoms with Crippen molar-refractivity contribution in [2.24, 2.45) is 17.8 Å². The Morgan fingerprint density at radius 1 is 1.38 bits per heavy atom. The van der Waals surface area contributed by atoms with Crippen molar-refractivity contribution in [2.45, 2.75) is 58.5 Å². The summed E-state index contributed by atoms with van der Waals surface area (Å²) >= 11 is 0. The normalized spacial score (nSPS) is 29.8. The second-order valence-corrected chi connectivity index (χ2v) is 7.44. The number of ether oxygens (including phenoxy) is 2. The average molecular weight is 294 g/mol. The molecule has 4 atom stereocenters. The number of hydrogen-bond acceptors (Lipinski definition) is 4. The van der Waals surface area contributed by atoms with Crippen LogP contribution in [0.3, 0.4) is 0 Å². The fraction of sp³-hybridized carbons (Fsp3) is 0.812. The van der Waals surface area contributed by atoms with Crippen LogP contribution in [0.25, 0.3) is 0 Å². The lowest BCUT2D eigenvalue weighted by molar-refractivity contribution is -0.215. The predicted octanol–water partition coefficient (Wildman–Crippen LogP) is 2.96. The second-order valence-electron chi connectivity index (χ2n) is 7.44. The largest absolute Gasteiger partial charge is 0.476 e. The Kier molecular flexibility index (Phi) is 3.97. The Hall–Kier alpha value is -1.07. The smallest absolute Gasteiger partial charge is 0.257 e. The molecule has 2 saturated carbocycles. The van der Waals surface area contributed by atoms with Gasteiger partial charge in [-0.15, -0.1) is 5.10 Å². The molecule has 0 aliphatic heterocycles. The molecule has 118 valence electrons. The van der Waals surface area contributed by atoms with Gasteiger partial charge < -0.3 is 14.6 Å². The van der Waals surface area contributed by atoms with Crippen LogP contribution >= 0.6 is 0 Å². The van der Waals surface area contributed by atoms with Gasteiger partial charge in [0.25, 0.3) is 6.41 Å². The summed E-state index contributed by atoms with van der Waals surface area (Å²) in [6, 6.07) is 1.78. The quantitative estimate of drug-likeness (QED) is 0.848. The summed E-state index contributed by atoms with van der Waals surface area (Å²) < 4.78 is 12.7. The molecule has 21 heavy (non-hydrogen) atoms. The molecule has 1 aromatic rings. The molecule has 1 heterocycles. The molecule has 1 aromatic heterocycles. The van der Waals surface area contributed by atoms with E-state index in [4.69, 9.17) is 9.47 Å². The molecule has 0 aromatic carbocycles. The van der Waals surface area contributed by atoms with Crippen LogP contribution in [0.2, 0.25) is 0 Å². The van der Waals surface area contributed by atoms with Gasteiger partial charge in [-0.3, -0.25) is 0 Å². The summed E-state index contributed by atoms with van der Waals surface area (Å²) in [4.78, 5) is 0. The van der Waals surface area contributed by atoms with Gasteiger partial charge in [0.05, 0.1) is 12.2 Å². The van der Waals surface area contributed by atoms with Crippen LogP contribution in [-0.2, 0) is 4.74 Å². The van der Waals surface area contributed by atoms with Gasteiger partial charge in [-0.25, -0.2) is 4.68 Å². The zero-order chi connectivity index (χ0) is 15.0. The molecule has 0 saturated heterocycles. The van der Waals surface area contributed by atoms with Crippen LogP contribution in [-0.4, -0.2) is 27.1 Å². The minimum atomic E-state index is -1.08. The minimum Gasteiger partial charge on any atom is -0.476 e. The molecule has 0 radical (unpaired) electrons. The van der Waals surface area contributed by atoms with Gasteiger partial charge in [0.1, 0.15) is 0 Å². The summed E-state index contributed by atoms with van der Waals surface area (Å²) in [5, 5.41) is 14.2. The maximum Gasteiger partial charge on any atom is 0.257 e. The van der Waals surface area contributed by atoms with Crippen molar-refractivity contribution in [2.75, 3.05) is 6.61 Å². The third-order valence-electron chi connectivity index (χ3n) is 4.60. The number of aliphatic hydroxyl groups excluding tert-OH is 1. The van der Waals surface area contributed by atoms with Crippen LogP contribution in [0.1, 0.15) is 52.9 Å². The molecule has 2 unspecified atom stereocenters. The summed E-state index contributed by atoms with van der Waals surface area (Å²) in [5.41, 5.74) is -0.421. The van der Waals surface area contributed by atoms with E-state index in [1.165, 1.54) is 30.4 Å². The van der Waals surface area contributed by atoms with Crippen molar-refractivity contribution < 1.29 is 14.6 Å². The second kappa shape index (κ2) is 5.61. The van der Waals surface area contributed by atoms with Gasteiger partial charge in [-0.05, 0) is 57.8 Å². The van der Waals surface area contributed by atoms with E-state index in [9.17, 15) is 5.11 Å². The number of hydrogen-bond donors (Lipinski definition) is 1. The molecule has 2 aliphatic rings. The van der Waals surface area contributed by atoms with E-state index < -0.39 is 12.0 Å². The van der Waals surface area contributed by atoms with Crippen molar-refractivity contribution in [3.05, 3.63) is 12.3 Å². The molecule has 2 fully saturated rings. The highest BCUT2D eigenvalue weighted by atomic mass is 16.6. The van der Waals surface area contributed by atoms with E-state index in [0.717, 1.165) is 18.4 Å². The third kappa shape index (κ3) is 3.58. The first kappa shape index (κ1) is 14.9. The predicted molar refractivity (Wildman–Crippen MR) is 78.8 cm³/mol. The average Bonchev–Trinajstić information content (AvgIpc) is 3.10. The molecular formula is C16H26N2O3. The number of aromatic nitrogens is 2. The number of fused-ring (bicyclic) bond motifs is 2. The van der Waals surface area contributed by atoms with E-state index in [-0.39, 0.29) is 0 Å². The minimum absolute atomic E-state index is 0.421. The fourth-order valence-corrected chi connectivity index (χ4v) is 3.66. The van der Waals surface area contributed by atoms with Crippen LogP contribution in [0.15, 0.2) is 12.3 Å². The summed E-state index contributed by atoms with van der Waals surface area (Å²) in [6.07, 6.45) is 6.08. The highest BCUT2D eigenvalue weighted by Crippen LogP contribution is 2.48. The Balaban J connectivity index is 1.51. The molecule has 5 nitrogen and oxygen atoms in total. The maximum atomic E-state index is 9.96. The SMILES string of the molecule is CC(C)(C)OC(O)n1ccc(OCC2C[C@@H]3CC[C@H]2C3)n1. The van der Waals surface area contributed by atoms with Crippen molar-refractivity contribution in [3.63, 3.8) is 0 Å². The zero-order valence-corrected chi connectivity index (χ0v) is 13.2. The summed E-state index contributed by atoms with van der Waals surface area (Å²) in [7, 11) is 0. The monoisotopic (exact) mass is 294 g/mol. The van der Waals surface area contributed by atoms with Crippen LogP contribution in [0.4, 0.5) is 0 Å². The molecule has 0 amide bonds. The van der Waals surface area contributed by atoms with Gasteiger partial charge in [-0.2, -0.15) is 0 Å². The summed E-state index contributed by atoms with van der Waals surface area (Å²) in [6.45, 7) is 6.43. The summed E-state index contributed by atoms with van der Waals surface area (Å²) in [5.74, 6) is 3.04. The van der Waals surface area contributed by atoms with E-state index in [2.05, 4.69) is 5.10 Å². The van der Waals surface area contributed by atoms with Crippen molar-refractivity contribution >= 4 is 0 Å². The van der Waals surface area contributed by atoms with E-state index in [0.29, 0.717) is 11.8 Å². The number of nitrogens with zero attached hydrogens (tertiary/aromatic N) is 2. The van der Waals surface area contributed by atoms with Gasteiger partial charge in [-0.1, -0.05) is 6.42 Å². The van der Waals surface area contributed by atoms with Crippen LogP contribution < -0.4 is 4.74 Å². The van der Waals surface area contributed by atoms with Gasteiger partial charge in [0.15, 0.2) is 0 Å². The first-order valence-electron chi connectivity index (χ1n) is 7.94. The standard InChI is InChI=1S/C16H26N2O3/c1-16(2,3)21-15(19)18-7-6-14(17-18)20-10-13-9-11-4-5-12(13)8-11/h6-7,11-13,15,19H,4-5,8-10H2,1-3H3/t11-,12+,13?,15?/m1/s1. The lowest BCUT2D eigenvalue weighted by Gasteiger charge is -2.23. The molecule has 2 aliphatic carbocycles. The third-order valence-corrected chi connectivity index (χ3v) is 4.60. The van der Waals surface area contributed by atoms with E-state index in [1.54, 1.807) is 12.3 Å².